The summed E-state index contributed by atoms with van der Waals surface area (Å²) < 4.78 is 6.26. The molecule has 31 heavy (non-hydrogen) atoms. The van der Waals surface area contributed by atoms with Gasteiger partial charge in [-0.25, -0.2) is 10.2 Å². The molecular formula is C21H19BrClN5O3. The standard InChI is InChI=1S/C21H19BrClN5O3/c1-21(2,3)17-18(29)25-20(28-26-17)27-24-11-13-10-14(22)6-9-16(13)31-19(30)12-4-7-15(23)8-5-12/h4-11H,1-3H3,(H2,25,27,28,29)/b24-11+. The van der Waals surface area contributed by atoms with Crippen molar-refractivity contribution in [1.29, 1.82) is 0 Å². The van der Waals surface area contributed by atoms with Crippen molar-refractivity contribution in [2.45, 2.75) is 26.2 Å². The molecule has 0 amide bonds. The van der Waals surface area contributed by atoms with Gasteiger partial charge in [-0.15, -0.1) is 10.2 Å². The molecule has 0 saturated heterocycles. The molecular weight excluding hydrogens is 486 g/mol. The molecule has 0 aliphatic heterocycles. The highest BCUT2D eigenvalue weighted by molar-refractivity contribution is 9.10. The number of anilines is 1. The Hall–Kier alpha value is -3.04. The molecule has 0 aliphatic carbocycles. The Morgan fingerprint density at radius 3 is 2.55 bits per heavy atom. The smallest absolute Gasteiger partial charge is 0.343 e. The Morgan fingerprint density at radius 1 is 1.19 bits per heavy atom. The number of nitrogens with one attached hydrogen (secondary N) is 2. The van der Waals surface area contributed by atoms with Gasteiger partial charge in [-0.1, -0.05) is 48.3 Å². The fraction of sp³-hybridized carbons (Fsp3) is 0.190. The quantitative estimate of drug-likeness (QED) is 0.228. The Balaban J connectivity index is 1.77. The molecule has 160 valence electrons. The van der Waals surface area contributed by atoms with E-state index in [4.69, 9.17) is 16.3 Å². The predicted octanol–water partition coefficient (Wildman–Crippen LogP) is 4.54. The average Bonchev–Trinajstić information content (AvgIpc) is 2.69. The Bertz CT molecular complexity index is 1190. The van der Waals surface area contributed by atoms with Gasteiger partial charge in [0, 0.05) is 20.5 Å². The van der Waals surface area contributed by atoms with Crippen molar-refractivity contribution in [3.05, 3.63) is 79.1 Å². The first-order chi connectivity index (χ1) is 14.6. The van der Waals surface area contributed by atoms with Crippen LogP contribution in [0, 0.1) is 0 Å². The summed E-state index contributed by atoms with van der Waals surface area (Å²) in [5.41, 5.74) is 3.05. The molecule has 2 aromatic carbocycles. The Labute approximate surface area is 191 Å². The van der Waals surface area contributed by atoms with Crippen molar-refractivity contribution in [3.8, 4) is 5.75 Å². The van der Waals surface area contributed by atoms with Gasteiger partial charge in [0.25, 0.3) is 5.56 Å². The van der Waals surface area contributed by atoms with Crippen molar-refractivity contribution in [1.82, 2.24) is 15.2 Å². The summed E-state index contributed by atoms with van der Waals surface area (Å²) in [7, 11) is 0. The number of nitrogens with zero attached hydrogens (tertiary/aromatic N) is 3. The van der Waals surface area contributed by atoms with E-state index >= 15 is 0 Å². The molecule has 0 saturated carbocycles. The predicted molar refractivity (Wildman–Crippen MR) is 123 cm³/mol. The van der Waals surface area contributed by atoms with E-state index in [0.717, 1.165) is 4.47 Å². The molecule has 2 N–H and O–H groups in total. The van der Waals surface area contributed by atoms with Crippen LogP contribution in [0.2, 0.25) is 5.02 Å². The number of aromatic amines is 1. The van der Waals surface area contributed by atoms with E-state index in [0.29, 0.717) is 27.6 Å². The molecule has 3 rings (SSSR count). The number of carbonyl (C=O) groups excluding carboxylic acids is 1. The van der Waals surface area contributed by atoms with Crippen molar-refractivity contribution < 1.29 is 9.53 Å². The fourth-order valence-corrected chi connectivity index (χ4v) is 3.00. The molecule has 3 aromatic rings. The number of carbonyl (C=O) groups is 1. The molecule has 1 heterocycles. The summed E-state index contributed by atoms with van der Waals surface area (Å²) >= 11 is 9.24. The Kier molecular flexibility index (Phi) is 6.87. The lowest BCUT2D eigenvalue weighted by Crippen LogP contribution is -2.28. The molecule has 0 unspecified atom stereocenters. The van der Waals surface area contributed by atoms with Gasteiger partial charge < -0.3 is 4.74 Å². The van der Waals surface area contributed by atoms with Gasteiger partial charge in [-0.05, 0) is 42.5 Å². The normalized spacial score (nSPS) is 11.5. The maximum Gasteiger partial charge on any atom is 0.343 e. The van der Waals surface area contributed by atoms with Crippen molar-refractivity contribution in [2.24, 2.45) is 5.10 Å². The van der Waals surface area contributed by atoms with E-state index in [1.807, 2.05) is 20.8 Å². The maximum absolute atomic E-state index is 12.4. The highest BCUT2D eigenvalue weighted by Gasteiger charge is 2.20. The van der Waals surface area contributed by atoms with Crippen LogP contribution in [-0.4, -0.2) is 27.4 Å². The first kappa shape index (κ1) is 22.6. The second kappa shape index (κ2) is 9.40. The minimum absolute atomic E-state index is 0.0870. The molecule has 0 radical (unpaired) electrons. The fourth-order valence-electron chi connectivity index (χ4n) is 2.50. The SMILES string of the molecule is CC(C)(C)c1nnc(N/N=C/c2cc(Br)ccc2OC(=O)c2ccc(Cl)cc2)[nH]c1=O. The number of halogens is 2. The van der Waals surface area contributed by atoms with Gasteiger partial charge in [0.1, 0.15) is 11.4 Å². The molecule has 0 aliphatic rings. The molecule has 0 atom stereocenters. The summed E-state index contributed by atoms with van der Waals surface area (Å²) in [6, 6.07) is 11.5. The number of rotatable bonds is 5. The number of H-pyrrole nitrogens is 1. The lowest BCUT2D eigenvalue weighted by Gasteiger charge is -2.15. The monoisotopic (exact) mass is 503 g/mol. The van der Waals surface area contributed by atoms with Crippen molar-refractivity contribution in [3.63, 3.8) is 0 Å². The lowest BCUT2D eigenvalue weighted by molar-refractivity contribution is 0.0734. The number of hydrazone groups is 1. The first-order valence-electron chi connectivity index (χ1n) is 9.17. The van der Waals surface area contributed by atoms with Gasteiger partial charge in [0.2, 0.25) is 5.95 Å². The highest BCUT2D eigenvalue weighted by atomic mass is 79.9. The number of hydrogen-bond donors (Lipinski definition) is 2. The van der Waals surface area contributed by atoms with Crippen LogP contribution in [0.1, 0.15) is 42.4 Å². The molecule has 10 heteroatoms. The van der Waals surface area contributed by atoms with E-state index in [1.165, 1.54) is 6.21 Å². The average molecular weight is 505 g/mol. The molecule has 0 bridgehead atoms. The summed E-state index contributed by atoms with van der Waals surface area (Å²) in [5.74, 6) is -0.144. The lowest BCUT2D eigenvalue weighted by atomic mass is 9.93. The third kappa shape index (κ3) is 5.99. The van der Waals surface area contributed by atoms with Crippen LogP contribution in [0.15, 0.2) is 56.8 Å². The minimum Gasteiger partial charge on any atom is -0.422 e. The van der Waals surface area contributed by atoms with Crippen LogP contribution in [-0.2, 0) is 5.41 Å². The molecule has 8 nitrogen and oxygen atoms in total. The van der Waals surface area contributed by atoms with Gasteiger partial charge in [0.15, 0.2) is 0 Å². The van der Waals surface area contributed by atoms with E-state index < -0.39 is 11.4 Å². The zero-order valence-corrected chi connectivity index (χ0v) is 19.3. The molecule has 1 aromatic heterocycles. The van der Waals surface area contributed by atoms with Crippen LogP contribution in [0.5, 0.6) is 5.75 Å². The summed E-state index contributed by atoms with van der Waals surface area (Å²) in [6.45, 7) is 5.62. The van der Waals surface area contributed by atoms with Crippen LogP contribution in [0.4, 0.5) is 5.95 Å². The van der Waals surface area contributed by atoms with Gasteiger partial charge in [-0.3, -0.25) is 9.78 Å². The molecule has 0 spiro atoms. The van der Waals surface area contributed by atoms with Crippen molar-refractivity contribution >= 4 is 45.7 Å². The molecule has 0 fully saturated rings. The van der Waals surface area contributed by atoms with Crippen LogP contribution in [0.3, 0.4) is 0 Å². The second-order valence-electron chi connectivity index (χ2n) is 7.55. The topological polar surface area (TPSA) is 109 Å². The van der Waals surface area contributed by atoms with Crippen LogP contribution in [0.25, 0.3) is 0 Å². The van der Waals surface area contributed by atoms with Gasteiger partial charge >= 0.3 is 5.97 Å². The largest absolute Gasteiger partial charge is 0.422 e. The highest BCUT2D eigenvalue weighted by Crippen LogP contribution is 2.23. The van der Waals surface area contributed by atoms with Crippen molar-refractivity contribution in [2.75, 3.05) is 5.43 Å². The number of benzene rings is 2. The third-order valence-electron chi connectivity index (χ3n) is 4.04. The number of aromatic nitrogens is 3. The first-order valence-corrected chi connectivity index (χ1v) is 10.3. The zero-order valence-electron chi connectivity index (χ0n) is 16.9. The van der Waals surface area contributed by atoms with E-state index in [1.54, 1.807) is 42.5 Å². The number of ether oxygens (including phenoxy) is 1. The van der Waals surface area contributed by atoms with E-state index in [2.05, 4.69) is 41.6 Å². The summed E-state index contributed by atoms with van der Waals surface area (Å²) in [5, 5.41) is 12.5. The van der Waals surface area contributed by atoms with Crippen LogP contribution < -0.4 is 15.7 Å². The maximum atomic E-state index is 12.4. The summed E-state index contributed by atoms with van der Waals surface area (Å²) in [4.78, 5) is 27.2. The van der Waals surface area contributed by atoms with Gasteiger partial charge in [-0.2, -0.15) is 5.10 Å². The second-order valence-corrected chi connectivity index (χ2v) is 8.90. The number of esters is 1. The van der Waals surface area contributed by atoms with Gasteiger partial charge in [0.05, 0.1) is 11.8 Å². The van der Waals surface area contributed by atoms with Crippen LogP contribution >= 0.6 is 27.5 Å². The van der Waals surface area contributed by atoms with E-state index in [9.17, 15) is 9.59 Å². The number of hydrogen-bond acceptors (Lipinski definition) is 7. The zero-order chi connectivity index (χ0) is 22.6. The third-order valence-corrected chi connectivity index (χ3v) is 4.78. The minimum atomic E-state index is -0.533. The Morgan fingerprint density at radius 2 is 1.90 bits per heavy atom. The van der Waals surface area contributed by atoms with E-state index in [-0.39, 0.29) is 11.5 Å². The summed E-state index contributed by atoms with van der Waals surface area (Å²) in [6.07, 6.45) is 1.44.